The van der Waals surface area contributed by atoms with Crippen molar-refractivity contribution in [3.8, 4) is 0 Å². The maximum atomic E-state index is 14.0. The minimum absolute atomic E-state index is 0.0325. The van der Waals surface area contributed by atoms with Crippen molar-refractivity contribution in [2.75, 3.05) is 0 Å². The third-order valence-corrected chi connectivity index (χ3v) is 5.87. The summed E-state index contributed by atoms with van der Waals surface area (Å²) in [6, 6.07) is 0. The molecular formula is C20H38FO3P. The molecule has 0 bridgehead atoms. The molecule has 1 saturated carbocycles. The van der Waals surface area contributed by atoms with Gasteiger partial charge >= 0.3 is 0 Å². The normalized spacial score (nSPS) is 29.4. The van der Waals surface area contributed by atoms with Crippen molar-refractivity contribution < 1.29 is 19.1 Å². The monoisotopic (exact) mass is 376 g/mol. The van der Waals surface area contributed by atoms with Gasteiger partial charge in [-0.2, -0.15) is 0 Å². The van der Waals surface area contributed by atoms with Crippen LogP contribution in [0.2, 0.25) is 0 Å². The van der Waals surface area contributed by atoms with Crippen molar-refractivity contribution in [1.29, 1.82) is 0 Å². The third-order valence-electron chi connectivity index (χ3n) is 5.52. The molecule has 0 aromatic heterocycles. The third kappa shape index (κ3) is 8.03. The first-order chi connectivity index (χ1) is 12.0. The van der Waals surface area contributed by atoms with Gasteiger partial charge in [0.15, 0.2) is 0 Å². The Bertz CT molecular complexity index is 367. The van der Waals surface area contributed by atoms with Crippen molar-refractivity contribution in [1.82, 2.24) is 0 Å². The van der Waals surface area contributed by atoms with E-state index >= 15 is 0 Å². The van der Waals surface area contributed by atoms with Crippen molar-refractivity contribution in [2.45, 2.75) is 103 Å². The highest BCUT2D eigenvalue weighted by molar-refractivity contribution is 7.09. The Morgan fingerprint density at radius 1 is 1.16 bits per heavy atom. The largest absolute Gasteiger partial charge is 0.393 e. The number of unbranched alkanes of at least 4 members (excludes halogenated alkanes) is 3. The smallest absolute Gasteiger partial charge is 0.126 e. The molecule has 148 valence electrons. The van der Waals surface area contributed by atoms with Gasteiger partial charge in [0.1, 0.15) is 6.17 Å². The van der Waals surface area contributed by atoms with E-state index in [4.69, 9.17) is 4.52 Å². The second kappa shape index (κ2) is 13.2. The highest BCUT2D eigenvalue weighted by Crippen LogP contribution is 2.41. The molecule has 0 aliphatic heterocycles. The van der Waals surface area contributed by atoms with E-state index in [1.54, 1.807) is 0 Å². The van der Waals surface area contributed by atoms with Crippen LogP contribution >= 0.6 is 9.47 Å². The van der Waals surface area contributed by atoms with E-state index in [-0.39, 0.29) is 24.0 Å². The molecule has 3 nitrogen and oxygen atoms in total. The van der Waals surface area contributed by atoms with E-state index in [2.05, 4.69) is 28.5 Å². The second-order valence-corrected chi connectivity index (χ2v) is 7.73. The zero-order valence-electron chi connectivity index (χ0n) is 15.9. The lowest BCUT2D eigenvalue weighted by molar-refractivity contribution is 0.0481. The fraction of sp³-hybridized carbons (Fsp3) is 0.900. The fourth-order valence-corrected chi connectivity index (χ4v) is 4.18. The van der Waals surface area contributed by atoms with Crippen LogP contribution in [0.25, 0.3) is 0 Å². The van der Waals surface area contributed by atoms with Crippen LogP contribution < -0.4 is 0 Å². The van der Waals surface area contributed by atoms with Gasteiger partial charge in [-0.25, -0.2) is 4.39 Å². The van der Waals surface area contributed by atoms with Gasteiger partial charge in [0.25, 0.3) is 0 Å². The Labute approximate surface area is 155 Å². The van der Waals surface area contributed by atoms with Crippen LogP contribution in [-0.4, -0.2) is 34.7 Å². The zero-order chi connectivity index (χ0) is 18.7. The minimum atomic E-state index is -1.14. The summed E-state index contributed by atoms with van der Waals surface area (Å²) in [5.41, 5.74) is 0. The number of allylic oxidation sites excluding steroid dienone is 2. The van der Waals surface area contributed by atoms with Gasteiger partial charge in [0.2, 0.25) is 0 Å². The minimum Gasteiger partial charge on any atom is -0.393 e. The molecular weight excluding hydrogens is 338 g/mol. The molecule has 1 fully saturated rings. The van der Waals surface area contributed by atoms with Crippen LogP contribution in [0.1, 0.15) is 78.1 Å². The van der Waals surface area contributed by atoms with Crippen LogP contribution in [0.15, 0.2) is 12.2 Å². The molecule has 0 amide bonds. The van der Waals surface area contributed by atoms with E-state index in [0.717, 1.165) is 25.7 Å². The highest BCUT2D eigenvalue weighted by Gasteiger charge is 2.42. The van der Waals surface area contributed by atoms with E-state index in [1.807, 2.05) is 6.92 Å². The molecule has 0 aromatic rings. The molecule has 0 spiro atoms. The second-order valence-electron chi connectivity index (χ2n) is 7.46. The number of rotatable bonds is 13. The lowest BCUT2D eigenvalue weighted by atomic mass is 9.85. The van der Waals surface area contributed by atoms with E-state index < -0.39 is 12.3 Å². The Morgan fingerprint density at radius 3 is 2.52 bits per heavy atom. The number of hydrogen-bond acceptors (Lipinski definition) is 3. The number of hydrogen-bond donors (Lipinski definition) is 2. The van der Waals surface area contributed by atoms with Gasteiger partial charge in [0, 0.05) is 15.9 Å². The molecule has 2 N–H and O–H groups in total. The molecule has 25 heavy (non-hydrogen) atoms. The van der Waals surface area contributed by atoms with Crippen LogP contribution in [0.4, 0.5) is 4.39 Å². The first-order valence-corrected chi connectivity index (χ1v) is 10.5. The predicted molar refractivity (Wildman–Crippen MR) is 105 cm³/mol. The maximum Gasteiger partial charge on any atom is 0.126 e. The molecule has 0 saturated heterocycles. The molecule has 0 aromatic carbocycles. The van der Waals surface area contributed by atoms with Crippen molar-refractivity contribution >= 4 is 9.47 Å². The van der Waals surface area contributed by atoms with Crippen LogP contribution in [0.5, 0.6) is 0 Å². The summed E-state index contributed by atoms with van der Waals surface area (Å²) in [4.78, 5) is 0. The first kappa shape index (κ1) is 23.0. The number of aliphatic hydroxyl groups is 2. The molecule has 5 heteroatoms. The molecule has 0 radical (unpaired) electrons. The molecule has 0 heterocycles. The molecule has 1 aliphatic rings. The predicted octanol–water partition coefficient (Wildman–Crippen LogP) is 4.96. The van der Waals surface area contributed by atoms with Crippen molar-refractivity contribution in [2.24, 2.45) is 11.8 Å². The lowest BCUT2D eigenvalue weighted by Crippen LogP contribution is -2.27. The van der Waals surface area contributed by atoms with Crippen LogP contribution in [0, 0.1) is 11.8 Å². The van der Waals surface area contributed by atoms with E-state index in [9.17, 15) is 14.6 Å². The van der Waals surface area contributed by atoms with Gasteiger partial charge in [0.05, 0.1) is 18.3 Å². The molecule has 1 rings (SSSR count). The molecule has 1 aliphatic carbocycles. The Morgan fingerprint density at radius 2 is 1.88 bits per heavy atom. The van der Waals surface area contributed by atoms with Crippen molar-refractivity contribution in [3.63, 3.8) is 0 Å². The zero-order valence-corrected chi connectivity index (χ0v) is 17.1. The SMILES string of the molecule is CCCC/C=C/CC1C(O)CC(OP)C1CCC(O)C(F)CCCC. The van der Waals surface area contributed by atoms with Gasteiger partial charge in [-0.3, -0.25) is 0 Å². The average molecular weight is 376 g/mol. The van der Waals surface area contributed by atoms with Gasteiger partial charge in [-0.1, -0.05) is 51.7 Å². The summed E-state index contributed by atoms with van der Waals surface area (Å²) >= 11 is 0. The van der Waals surface area contributed by atoms with Crippen LogP contribution in [-0.2, 0) is 4.52 Å². The summed E-state index contributed by atoms with van der Waals surface area (Å²) in [7, 11) is 2.30. The Hall–Kier alpha value is -0.0200. The highest BCUT2D eigenvalue weighted by atomic mass is 31.0. The standard InChI is InChI=1S/C20H38FO3P/c1-3-5-7-8-9-10-15-16(20(24-25)14-19(15)23)12-13-18(22)17(21)11-6-4-2/h8-9,15-20,22-23H,3-7,10-14,25H2,1-2H3/b9-8+. The van der Waals surface area contributed by atoms with Crippen LogP contribution in [0.3, 0.4) is 0 Å². The first-order valence-electron chi connectivity index (χ1n) is 10.1. The van der Waals surface area contributed by atoms with Gasteiger partial charge in [-0.05, 0) is 43.9 Å². The molecule has 7 atom stereocenters. The summed E-state index contributed by atoms with van der Waals surface area (Å²) < 4.78 is 19.5. The molecule has 7 unspecified atom stereocenters. The Kier molecular flexibility index (Phi) is 12.1. The summed E-state index contributed by atoms with van der Waals surface area (Å²) in [5.74, 6) is 0.292. The van der Waals surface area contributed by atoms with Gasteiger partial charge in [-0.15, -0.1) is 0 Å². The number of alkyl halides is 1. The fourth-order valence-electron chi connectivity index (χ4n) is 3.87. The summed E-state index contributed by atoms with van der Waals surface area (Å²) in [6.07, 6.45) is 10.1. The van der Waals surface area contributed by atoms with E-state index in [0.29, 0.717) is 25.7 Å². The Balaban J connectivity index is 2.53. The lowest BCUT2D eigenvalue weighted by Gasteiger charge is -2.25. The van der Waals surface area contributed by atoms with Crippen molar-refractivity contribution in [3.05, 3.63) is 12.2 Å². The van der Waals surface area contributed by atoms with Gasteiger partial charge < -0.3 is 14.7 Å². The van der Waals surface area contributed by atoms with E-state index in [1.165, 1.54) is 12.8 Å². The quantitative estimate of drug-likeness (QED) is 0.271. The number of halogens is 1. The maximum absolute atomic E-state index is 14.0. The summed E-state index contributed by atoms with van der Waals surface area (Å²) in [6.45, 7) is 4.20. The average Bonchev–Trinajstić information content (AvgIpc) is 2.92. The number of aliphatic hydroxyl groups excluding tert-OH is 2. The topological polar surface area (TPSA) is 49.7 Å². The summed E-state index contributed by atoms with van der Waals surface area (Å²) in [5, 5.41) is 20.5.